The van der Waals surface area contributed by atoms with Crippen molar-refractivity contribution in [2.75, 3.05) is 62.9 Å². The van der Waals surface area contributed by atoms with Crippen molar-refractivity contribution >= 4 is 50.3 Å². The highest BCUT2D eigenvalue weighted by Crippen LogP contribution is 2.34. The molecule has 0 atom stereocenters. The fourth-order valence-corrected chi connectivity index (χ4v) is 7.13. The molecule has 2 aromatic heterocycles. The standard InChI is InChI=1S/C31H40ClN5O7S/c1-3-4-5-16-43-27-20-24(7-8-26(27)42-2)37-12-6-11-36(30(37)38)21-23-9-10-33-29-28(23)25(32)22-35(29)13-17-44-31(39)34-14-18-45(40,41)19-15-34/h7-10,20,22H,3-6,11-19,21H2,1-2H3. The van der Waals surface area contributed by atoms with Gasteiger partial charge in [0.25, 0.3) is 0 Å². The molecule has 4 heterocycles. The number of carbonyl (C=O) groups is 2. The average Bonchev–Trinajstić information content (AvgIpc) is 3.36. The largest absolute Gasteiger partial charge is 0.493 e. The van der Waals surface area contributed by atoms with Crippen LogP contribution in [0.25, 0.3) is 11.0 Å². The van der Waals surface area contributed by atoms with Crippen LogP contribution in [0.1, 0.15) is 38.2 Å². The normalized spacial score (nSPS) is 16.7. The van der Waals surface area contributed by atoms with E-state index in [-0.39, 0.29) is 37.2 Å². The number of hydrogen-bond donors (Lipinski definition) is 0. The molecule has 244 valence electrons. The summed E-state index contributed by atoms with van der Waals surface area (Å²) < 4.78 is 42.0. The Labute approximate surface area is 268 Å². The topological polar surface area (TPSA) is 124 Å². The number of urea groups is 1. The number of halogens is 1. The van der Waals surface area contributed by atoms with Crippen LogP contribution >= 0.6 is 11.6 Å². The molecule has 0 unspecified atom stereocenters. The summed E-state index contributed by atoms with van der Waals surface area (Å²) in [6.45, 7) is 4.90. The zero-order chi connectivity index (χ0) is 32.0. The summed E-state index contributed by atoms with van der Waals surface area (Å²) in [6, 6.07) is 7.33. The van der Waals surface area contributed by atoms with Crippen molar-refractivity contribution in [2.45, 2.75) is 45.7 Å². The fraction of sp³-hybridized carbons (Fsp3) is 0.516. The summed E-state index contributed by atoms with van der Waals surface area (Å²) >= 11 is 6.69. The van der Waals surface area contributed by atoms with Gasteiger partial charge in [0.05, 0.1) is 36.8 Å². The zero-order valence-electron chi connectivity index (χ0n) is 25.7. The van der Waals surface area contributed by atoms with Crippen molar-refractivity contribution in [1.29, 1.82) is 0 Å². The molecule has 0 aliphatic carbocycles. The summed E-state index contributed by atoms with van der Waals surface area (Å²) in [4.78, 5) is 35.7. The number of nitrogens with zero attached hydrogens (tertiary/aromatic N) is 5. The Morgan fingerprint density at radius 1 is 1.04 bits per heavy atom. The Kier molecular flexibility index (Phi) is 10.6. The second kappa shape index (κ2) is 14.6. The minimum atomic E-state index is -3.09. The van der Waals surface area contributed by atoms with Crippen LogP contribution in [-0.4, -0.2) is 97.9 Å². The van der Waals surface area contributed by atoms with Gasteiger partial charge in [-0.05, 0) is 36.6 Å². The Morgan fingerprint density at radius 2 is 1.84 bits per heavy atom. The lowest BCUT2D eigenvalue weighted by atomic mass is 10.1. The number of benzene rings is 1. The van der Waals surface area contributed by atoms with E-state index in [0.29, 0.717) is 55.0 Å². The van der Waals surface area contributed by atoms with Gasteiger partial charge in [-0.3, -0.25) is 4.90 Å². The smallest absolute Gasteiger partial charge is 0.409 e. The Hall–Kier alpha value is -3.71. The van der Waals surface area contributed by atoms with Gasteiger partial charge in [-0.1, -0.05) is 31.4 Å². The molecule has 0 spiro atoms. The summed E-state index contributed by atoms with van der Waals surface area (Å²) in [5, 5.41) is 1.23. The number of amides is 3. The van der Waals surface area contributed by atoms with E-state index in [9.17, 15) is 18.0 Å². The highest BCUT2D eigenvalue weighted by molar-refractivity contribution is 7.91. The van der Waals surface area contributed by atoms with E-state index in [1.807, 2.05) is 28.8 Å². The molecule has 3 aromatic rings. The molecule has 0 radical (unpaired) electrons. The van der Waals surface area contributed by atoms with Gasteiger partial charge < -0.3 is 28.6 Å². The predicted molar refractivity (Wildman–Crippen MR) is 172 cm³/mol. The number of sulfone groups is 1. The number of fused-ring (bicyclic) bond motifs is 1. The van der Waals surface area contributed by atoms with Crippen LogP contribution in [0.4, 0.5) is 15.3 Å². The molecule has 2 aliphatic heterocycles. The maximum absolute atomic E-state index is 13.7. The van der Waals surface area contributed by atoms with Gasteiger partial charge >= 0.3 is 12.1 Å². The molecule has 1 aromatic carbocycles. The van der Waals surface area contributed by atoms with Crippen LogP contribution < -0.4 is 14.4 Å². The number of rotatable bonds is 12. The van der Waals surface area contributed by atoms with Crippen molar-refractivity contribution in [3.63, 3.8) is 0 Å². The van der Waals surface area contributed by atoms with E-state index in [4.69, 9.17) is 25.8 Å². The maximum atomic E-state index is 13.7. The van der Waals surface area contributed by atoms with Gasteiger partial charge in [0.1, 0.15) is 12.3 Å². The van der Waals surface area contributed by atoms with E-state index in [0.717, 1.165) is 42.3 Å². The fourth-order valence-electron chi connectivity index (χ4n) is 5.60. The van der Waals surface area contributed by atoms with Crippen LogP contribution in [0.3, 0.4) is 0 Å². The monoisotopic (exact) mass is 661 g/mol. The zero-order valence-corrected chi connectivity index (χ0v) is 27.3. The first-order valence-corrected chi connectivity index (χ1v) is 17.5. The number of anilines is 1. The van der Waals surface area contributed by atoms with Crippen molar-refractivity contribution in [1.82, 2.24) is 19.4 Å². The van der Waals surface area contributed by atoms with E-state index in [1.165, 1.54) is 4.90 Å². The minimum absolute atomic E-state index is 0.0569. The van der Waals surface area contributed by atoms with Crippen LogP contribution in [0.5, 0.6) is 11.5 Å². The number of methoxy groups -OCH3 is 1. The molecule has 2 saturated heterocycles. The van der Waals surface area contributed by atoms with Crippen molar-refractivity contribution in [2.24, 2.45) is 0 Å². The number of aromatic nitrogens is 2. The SMILES string of the molecule is CCCCCOc1cc(N2CCCN(Cc3ccnc4c3c(Cl)cn4CCOC(=O)N3CCS(=O)(=O)CC3)C2=O)ccc1OC. The van der Waals surface area contributed by atoms with Crippen LogP contribution in [0.15, 0.2) is 36.7 Å². The van der Waals surface area contributed by atoms with E-state index >= 15 is 0 Å². The summed E-state index contributed by atoms with van der Waals surface area (Å²) in [6.07, 6.45) is 6.81. The van der Waals surface area contributed by atoms with Gasteiger partial charge in [-0.2, -0.15) is 0 Å². The number of ether oxygens (including phenoxy) is 3. The van der Waals surface area contributed by atoms with Gasteiger partial charge in [0.15, 0.2) is 21.3 Å². The van der Waals surface area contributed by atoms with E-state index < -0.39 is 15.9 Å². The van der Waals surface area contributed by atoms with Crippen LogP contribution in [-0.2, 0) is 27.7 Å². The van der Waals surface area contributed by atoms with Gasteiger partial charge in [-0.25, -0.2) is 23.0 Å². The van der Waals surface area contributed by atoms with E-state index in [2.05, 4.69) is 11.9 Å². The third-order valence-electron chi connectivity index (χ3n) is 8.09. The molecule has 14 heteroatoms. The van der Waals surface area contributed by atoms with Gasteiger partial charge in [-0.15, -0.1) is 0 Å². The van der Waals surface area contributed by atoms with Crippen LogP contribution in [0.2, 0.25) is 5.02 Å². The molecule has 12 nitrogen and oxygen atoms in total. The Morgan fingerprint density at radius 3 is 2.60 bits per heavy atom. The van der Waals surface area contributed by atoms with Crippen molar-refractivity contribution < 1.29 is 32.2 Å². The maximum Gasteiger partial charge on any atom is 0.409 e. The van der Waals surface area contributed by atoms with Crippen LogP contribution in [0, 0.1) is 0 Å². The lowest BCUT2D eigenvalue weighted by Crippen LogP contribution is -2.49. The quantitative estimate of drug-likeness (QED) is 0.250. The molecule has 5 rings (SSSR count). The second-order valence-electron chi connectivity index (χ2n) is 11.2. The predicted octanol–water partition coefficient (Wildman–Crippen LogP) is 4.97. The number of pyridine rings is 1. The first kappa shape index (κ1) is 32.7. The first-order valence-electron chi connectivity index (χ1n) is 15.3. The minimum Gasteiger partial charge on any atom is -0.493 e. The summed E-state index contributed by atoms with van der Waals surface area (Å²) in [7, 11) is -1.49. The molecular formula is C31H40ClN5O7S. The van der Waals surface area contributed by atoms with E-state index in [1.54, 1.807) is 29.3 Å². The summed E-state index contributed by atoms with van der Waals surface area (Å²) in [5.74, 6) is 1.14. The molecule has 0 bridgehead atoms. The molecular weight excluding hydrogens is 622 g/mol. The number of hydrogen-bond acceptors (Lipinski definition) is 8. The molecule has 0 saturated carbocycles. The molecule has 0 N–H and O–H groups in total. The highest BCUT2D eigenvalue weighted by atomic mass is 35.5. The third-order valence-corrected chi connectivity index (χ3v) is 9.99. The molecule has 2 aliphatic rings. The number of carbonyl (C=O) groups excluding carboxylic acids is 2. The molecule has 3 amide bonds. The average molecular weight is 662 g/mol. The lowest BCUT2D eigenvalue weighted by Gasteiger charge is -2.36. The van der Waals surface area contributed by atoms with Gasteiger partial charge in [0, 0.05) is 62.3 Å². The Balaban J connectivity index is 1.25. The highest BCUT2D eigenvalue weighted by Gasteiger charge is 2.29. The third kappa shape index (κ3) is 7.75. The number of unbranched alkanes of at least 4 members (excludes halogenated alkanes) is 2. The van der Waals surface area contributed by atoms with Gasteiger partial charge in [0.2, 0.25) is 0 Å². The summed E-state index contributed by atoms with van der Waals surface area (Å²) in [5.41, 5.74) is 2.24. The van der Waals surface area contributed by atoms with Crippen molar-refractivity contribution in [3.05, 3.63) is 47.2 Å². The lowest BCUT2D eigenvalue weighted by molar-refractivity contribution is 0.102. The Bertz CT molecular complexity index is 1620. The molecule has 45 heavy (non-hydrogen) atoms. The first-order chi connectivity index (χ1) is 21.7. The van der Waals surface area contributed by atoms with Crippen molar-refractivity contribution in [3.8, 4) is 11.5 Å². The second-order valence-corrected chi connectivity index (χ2v) is 13.9. The molecule has 2 fully saturated rings.